The lowest BCUT2D eigenvalue weighted by atomic mass is 10.1. The van der Waals surface area contributed by atoms with Gasteiger partial charge in [0, 0.05) is 5.02 Å². The number of carbonyl (C=O) groups is 2. The van der Waals surface area contributed by atoms with Gasteiger partial charge in [-0.2, -0.15) is 0 Å². The van der Waals surface area contributed by atoms with Gasteiger partial charge in [0.2, 0.25) is 0 Å². The van der Waals surface area contributed by atoms with Crippen LogP contribution in [0.15, 0.2) is 36.4 Å². The first-order chi connectivity index (χ1) is 11.4. The molecule has 0 fully saturated rings. The number of rotatable bonds is 5. The Morgan fingerprint density at radius 1 is 1.04 bits per heavy atom. The lowest BCUT2D eigenvalue weighted by Gasteiger charge is -2.11. The average Bonchev–Trinajstić information content (AvgIpc) is 2.56. The summed E-state index contributed by atoms with van der Waals surface area (Å²) in [5, 5.41) is 0.335. The lowest BCUT2D eigenvalue weighted by molar-refractivity contribution is -0.136. The van der Waals surface area contributed by atoms with E-state index in [0.717, 1.165) is 11.1 Å². The Kier molecular flexibility index (Phi) is 5.82. The van der Waals surface area contributed by atoms with Crippen molar-refractivity contribution in [2.24, 2.45) is 0 Å². The molecule has 24 heavy (non-hydrogen) atoms. The highest BCUT2D eigenvalue weighted by Gasteiger charge is 2.17. The second kappa shape index (κ2) is 7.84. The predicted octanol–water partition coefficient (Wildman–Crippen LogP) is 3.73. The van der Waals surface area contributed by atoms with E-state index in [-0.39, 0.29) is 17.9 Å². The molecule has 0 N–H and O–H groups in total. The molecular formula is C18H17ClO5. The predicted molar refractivity (Wildman–Crippen MR) is 89.8 cm³/mol. The summed E-state index contributed by atoms with van der Waals surface area (Å²) in [6, 6.07) is 10.0. The van der Waals surface area contributed by atoms with Crippen molar-refractivity contribution in [1.82, 2.24) is 0 Å². The number of aryl methyl sites for hydroxylation is 2. The Balaban J connectivity index is 2.07. The average molecular weight is 349 g/mol. The van der Waals surface area contributed by atoms with Crippen LogP contribution in [-0.4, -0.2) is 25.7 Å². The normalized spacial score (nSPS) is 10.2. The van der Waals surface area contributed by atoms with Crippen molar-refractivity contribution in [3.63, 3.8) is 0 Å². The zero-order valence-electron chi connectivity index (χ0n) is 13.6. The van der Waals surface area contributed by atoms with Crippen LogP contribution in [0.3, 0.4) is 0 Å². The zero-order valence-corrected chi connectivity index (χ0v) is 14.3. The lowest BCUT2D eigenvalue weighted by Crippen LogP contribution is -2.19. The molecule has 0 aromatic heterocycles. The second-order valence-electron chi connectivity index (χ2n) is 5.16. The van der Waals surface area contributed by atoms with E-state index in [1.54, 1.807) is 0 Å². The van der Waals surface area contributed by atoms with Gasteiger partial charge in [-0.1, -0.05) is 23.7 Å². The molecular weight excluding hydrogens is 332 g/mol. The van der Waals surface area contributed by atoms with Gasteiger partial charge in [0.1, 0.15) is 17.1 Å². The van der Waals surface area contributed by atoms with Gasteiger partial charge in [0.05, 0.1) is 7.11 Å². The summed E-state index contributed by atoms with van der Waals surface area (Å²) in [5.74, 6) is -0.601. The molecule has 0 atom stereocenters. The fraction of sp³-hybridized carbons (Fsp3) is 0.222. The molecule has 0 saturated heterocycles. The summed E-state index contributed by atoms with van der Waals surface area (Å²) in [6.07, 6.45) is 0. The molecule has 0 aliphatic carbocycles. The molecule has 2 rings (SSSR count). The summed E-state index contributed by atoms with van der Waals surface area (Å²) in [4.78, 5) is 23.7. The van der Waals surface area contributed by atoms with E-state index in [9.17, 15) is 9.59 Å². The molecule has 0 aliphatic rings. The van der Waals surface area contributed by atoms with E-state index in [0.29, 0.717) is 10.8 Å². The Morgan fingerprint density at radius 3 is 2.50 bits per heavy atom. The van der Waals surface area contributed by atoms with Crippen LogP contribution >= 0.6 is 11.6 Å². The SMILES string of the molecule is COC(=O)c1cc(Cl)ccc1OC(=O)COc1cc(C)ccc1C. The quantitative estimate of drug-likeness (QED) is 0.608. The maximum Gasteiger partial charge on any atom is 0.349 e. The van der Waals surface area contributed by atoms with Crippen LogP contribution in [0.5, 0.6) is 11.5 Å². The Bertz CT molecular complexity index is 770. The van der Waals surface area contributed by atoms with Crippen molar-refractivity contribution < 1.29 is 23.8 Å². The Labute approximate surface area is 145 Å². The summed E-state index contributed by atoms with van der Waals surface area (Å²) >= 11 is 5.85. The van der Waals surface area contributed by atoms with E-state index in [2.05, 4.69) is 4.74 Å². The third-order valence-corrected chi connectivity index (χ3v) is 3.49. The van der Waals surface area contributed by atoms with Crippen molar-refractivity contribution in [3.05, 3.63) is 58.1 Å². The van der Waals surface area contributed by atoms with Crippen LogP contribution in [-0.2, 0) is 9.53 Å². The summed E-state index contributed by atoms with van der Waals surface area (Å²) in [5.41, 5.74) is 2.01. The molecule has 0 spiro atoms. The largest absolute Gasteiger partial charge is 0.482 e. The minimum absolute atomic E-state index is 0.0702. The molecule has 0 aliphatic heterocycles. The summed E-state index contributed by atoms with van der Waals surface area (Å²) in [7, 11) is 1.23. The first kappa shape index (κ1) is 17.8. The maximum absolute atomic E-state index is 12.0. The van der Waals surface area contributed by atoms with Crippen LogP contribution in [0.2, 0.25) is 5.02 Å². The first-order valence-corrected chi connectivity index (χ1v) is 7.57. The van der Waals surface area contributed by atoms with Gasteiger partial charge in [-0.05, 0) is 49.2 Å². The summed E-state index contributed by atoms with van der Waals surface area (Å²) < 4.78 is 15.3. The maximum atomic E-state index is 12.0. The van der Waals surface area contributed by atoms with Gasteiger partial charge < -0.3 is 14.2 Å². The van der Waals surface area contributed by atoms with Crippen molar-refractivity contribution in [1.29, 1.82) is 0 Å². The molecule has 0 unspecified atom stereocenters. The number of carbonyl (C=O) groups excluding carboxylic acids is 2. The highest BCUT2D eigenvalue weighted by atomic mass is 35.5. The minimum Gasteiger partial charge on any atom is -0.482 e. The molecule has 0 bridgehead atoms. The molecule has 0 radical (unpaired) electrons. The van der Waals surface area contributed by atoms with Crippen molar-refractivity contribution >= 4 is 23.5 Å². The minimum atomic E-state index is -0.643. The molecule has 0 heterocycles. The number of halogens is 1. The highest BCUT2D eigenvalue weighted by molar-refractivity contribution is 6.31. The smallest absolute Gasteiger partial charge is 0.349 e. The molecule has 126 valence electrons. The van der Waals surface area contributed by atoms with Crippen LogP contribution in [0.1, 0.15) is 21.5 Å². The third kappa shape index (κ3) is 4.49. The van der Waals surface area contributed by atoms with Crippen LogP contribution in [0.4, 0.5) is 0 Å². The molecule has 6 heteroatoms. The second-order valence-corrected chi connectivity index (χ2v) is 5.60. The standard InChI is InChI=1S/C18H17ClO5/c1-11-4-5-12(2)16(8-11)23-10-17(20)24-15-7-6-13(19)9-14(15)18(21)22-3/h4-9H,10H2,1-3H3. The summed E-state index contributed by atoms with van der Waals surface area (Å²) in [6.45, 7) is 3.53. The Hall–Kier alpha value is -2.53. The monoisotopic (exact) mass is 348 g/mol. The van der Waals surface area contributed by atoms with E-state index in [1.165, 1.54) is 25.3 Å². The van der Waals surface area contributed by atoms with E-state index < -0.39 is 11.9 Å². The van der Waals surface area contributed by atoms with Crippen molar-refractivity contribution in [3.8, 4) is 11.5 Å². The number of hydrogen-bond acceptors (Lipinski definition) is 5. The van der Waals surface area contributed by atoms with Gasteiger partial charge in [-0.15, -0.1) is 0 Å². The number of esters is 2. The molecule has 0 amide bonds. The highest BCUT2D eigenvalue weighted by Crippen LogP contribution is 2.24. The van der Waals surface area contributed by atoms with E-state index in [1.807, 2.05) is 32.0 Å². The number of hydrogen-bond donors (Lipinski definition) is 0. The number of ether oxygens (including phenoxy) is 3. The van der Waals surface area contributed by atoms with Gasteiger partial charge in [0.25, 0.3) is 0 Å². The first-order valence-electron chi connectivity index (χ1n) is 7.19. The Morgan fingerprint density at radius 2 is 1.79 bits per heavy atom. The molecule has 2 aromatic rings. The van der Waals surface area contributed by atoms with E-state index in [4.69, 9.17) is 21.1 Å². The van der Waals surface area contributed by atoms with Crippen LogP contribution < -0.4 is 9.47 Å². The van der Waals surface area contributed by atoms with Gasteiger partial charge in [-0.25, -0.2) is 9.59 Å². The van der Waals surface area contributed by atoms with Gasteiger partial charge in [-0.3, -0.25) is 0 Å². The van der Waals surface area contributed by atoms with Gasteiger partial charge >= 0.3 is 11.9 Å². The number of methoxy groups -OCH3 is 1. The van der Waals surface area contributed by atoms with Gasteiger partial charge in [0.15, 0.2) is 6.61 Å². The zero-order chi connectivity index (χ0) is 17.7. The van der Waals surface area contributed by atoms with E-state index >= 15 is 0 Å². The van der Waals surface area contributed by atoms with Crippen molar-refractivity contribution in [2.45, 2.75) is 13.8 Å². The molecule has 5 nitrogen and oxygen atoms in total. The molecule has 2 aromatic carbocycles. The number of benzene rings is 2. The van der Waals surface area contributed by atoms with Crippen LogP contribution in [0, 0.1) is 13.8 Å². The molecule has 0 saturated carbocycles. The van der Waals surface area contributed by atoms with Crippen LogP contribution in [0.25, 0.3) is 0 Å². The fourth-order valence-electron chi connectivity index (χ4n) is 2.01. The third-order valence-electron chi connectivity index (χ3n) is 3.26. The fourth-order valence-corrected chi connectivity index (χ4v) is 2.18. The topological polar surface area (TPSA) is 61.8 Å². The van der Waals surface area contributed by atoms with Crippen molar-refractivity contribution in [2.75, 3.05) is 13.7 Å².